The summed E-state index contributed by atoms with van der Waals surface area (Å²) in [5.74, 6) is -0.187. The van der Waals surface area contributed by atoms with Crippen LogP contribution in [0, 0.1) is 0 Å². The largest absolute Gasteiger partial charge is 0.423 e. The number of halogens is 1. The molecule has 8 nitrogen and oxygen atoms in total. The number of rotatable bonds is 6. The molecule has 0 unspecified atom stereocenters. The summed E-state index contributed by atoms with van der Waals surface area (Å²) in [6.07, 6.45) is 1.21. The van der Waals surface area contributed by atoms with Crippen molar-refractivity contribution in [1.29, 1.82) is 0 Å². The van der Waals surface area contributed by atoms with E-state index in [0.29, 0.717) is 22.8 Å². The molecule has 0 bridgehead atoms. The summed E-state index contributed by atoms with van der Waals surface area (Å²) in [4.78, 5) is 12.7. The van der Waals surface area contributed by atoms with Gasteiger partial charge in [-0.15, -0.1) is 10.2 Å². The first-order chi connectivity index (χ1) is 15.4. The lowest BCUT2D eigenvalue weighted by atomic mass is 10.1. The Labute approximate surface area is 189 Å². The fourth-order valence-corrected chi connectivity index (χ4v) is 4.69. The molecule has 3 aromatic carbocycles. The normalized spacial score (nSPS) is 11.2. The van der Waals surface area contributed by atoms with Gasteiger partial charge in [0.25, 0.3) is 15.9 Å². The lowest BCUT2D eigenvalue weighted by molar-refractivity contribution is 0.102. The second-order valence-corrected chi connectivity index (χ2v) is 9.08. The van der Waals surface area contributed by atoms with Gasteiger partial charge in [0.15, 0.2) is 0 Å². The smallest absolute Gasteiger partial charge is 0.265 e. The van der Waals surface area contributed by atoms with Gasteiger partial charge in [-0.05, 0) is 48.5 Å². The van der Waals surface area contributed by atoms with Crippen molar-refractivity contribution in [3.63, 3.8) is 0 Å². The maximum Gasteiger partial charge on any atom is 0.265 e. The second kappa shape index (κ2) is 8.81. The van der Waals surface area contributed by atoms with Gasteiger partial charge in [0.1, 0.15) is 4.90 Å². The number of hydrogen-bond donors (Lipinski definition) is 1. The molecule has 0 aliphatic rings. The number of amides is 1. The number of sulfonamides is 1. The van der Waals surface area contributed by atoms with Crippen LogP contribution in [0.2, 0.25) is 5.02 Å². The molecule has 0 fully saturated rings. The van der Waals surface area contributed by atoms with E-state index in [1.165, 1.54) is 31.6 Å². The lowest BCUT2D eigenvalue weighted by Crippen LogP contribution is -2.27. The highest BCUT2D eigenvalue weighted by atomic mass is 35.5. The Morgan fingerprint density at radius 1 is 1.03 bits per heavy atom. The fourth-order valence-electron chi connectivity index (χ4n) is 3.00. The first kappa shape index (κ1) is 21.5. The van der Waals surface area contributed by atoms with E-state index >= 15 is 0 Å². The van der Waals surface area contributed by atoms with Crippen molar-refractivity contribution >= 4 is 38.9 Å². The van der Waals surface area contributed by atoms with Gasteiger partial charge < -0.3 is 9.73 Å². The predicted octanol–water partition coefficient (Wildman–Crippen LogP) is 4.47. The number of carbonyl (C=O) groups excluding carboxylic acids is 1. The van der Waals surface area contributed by atoms with E-state index in [4.69, 9.17) is 16.0 Å². The maximum atomic E-state index is 13.1. The number of anilines is 2. The molecule has 0 radical (unpaired) electrons. The van der Waals surface area contributed by atoms with Crippen LogP contribution in [0.5, 0.6) is 0 Å². The van der Waals surface area contributed by atoms with Crippen LogP contribution >= 0.6 is 11.6 Å². The lowest BCUT2D eigenvalue weighted by Gasteiger charge is -2.20. The summed E-state index contributed by atoms with van der Waals surface area (Å²) in [6, 6.07) is 19.5. The number of benzene rings is 3. The molecule has 162 valence electrons. The standard InChI is InChI=1S/C22H17ClN4O4S/c1-27(18-8-3-2-4-9-18)32(29,30)20-13-15(10-11-19(20)23)21(28)25-17-7-5-6-16(12-17)22-26-24-14-31-22/h2-14H,1H3,(H,25,28). The highest BCUT2D eigenvalue weighted by Gasteiger charge is 2.25. The molecule has 1 amide bonds. The SMILES string of the molecule is CN(c1ccccc1)S(=O)(=O)c1cc(C(=O)Nc2cccc(-c3nnco3)c2)ccc1Cl. The highest BCUT2D eigenvalue weighted by molar-refractivity contribution is 7.93. The number of aromatic nitrogens is 2. The summed E-state index contributed by atoms with van der Waals surface area (Å²) in [6.45, 7) is 0. The van der Waals surface area contributed by atoms with Crippen molar-refractivity contribution in [2.75, 3.05) is 16.7 Å². The summed E-state index contributed by atoms with van der Waals surface area (Å²) >= 11 is 6.19. The van der Waals surface area contributed by atoms with Gasteiger partial charge in [-0.25, -0.2) is 8.42 Å². The average molecular weight is 469 g/mol. The number of hydrogen-bond acceptors (Lipinski definition) is 6. The van der Waals surface area contributed by atoms with Crippen LogP contribution in [0.15, 0.2) is 88.5 Å². The minimum Gasteiger partial charge on any atom is -0.423 e. The van der Waals surface area contributed by atoms with Crippen LogP contribution in [0.3, 0.4) is 0 Å². The zero-order valence-corrected chi connectivity index (χ0v) is 18.3. The topological polar surface area (TPSA) is 105 Å². The fraction of sp³-hybridized carbons (Fsp3) is 0.0455. The third kappa shape index (κ3) is 4.34. The third-order valence-corrected chi connectivity index (χ3v) is 6.95. The summed E-state index contributed by atoms with van der Waals surface area (Å²) in [5.41, 5.74) is 1.71. The van der Waals surface area contributed by atoms with Crippen molar-refractivity contribution in [1.82, 2.24) is 10.2 Å². The van der Waals surface area contributed by atoms with Crippen LogP contribution in [0.1, 0.15) is 10.4 Å². The average Bonchev–Trinajstić information content (AvgIpc) is 3.34. The van der Waals surface area contributed by atoms with Gasteiger partial charge in [-0.2, -0.15) is 0 Å². The quantitative estimate of drug-likeness (QED) is 0.447. The Morgan fingerprint density at radius 2 is 1.81 bits per heavy atom. The molecule has 0 saturated carbocycles. The molecule has 4 aromatic rings. The Morgan fingerprint density at radius 3 is 2.53 bits per heavy atom. The zero-order valence-electron chi connectivity index (χ0n) is 16.8. The van der Waals surface area contributed by atoms with Crippen LogP contribution in [0.4, 0.5) is 11.4 Å². The molecule has 0 aliphatic carbocycles. The molecule has 4 rings (SSSR count). The maximum absolute atomic E-state index is 13.1. The van der Waals surface area contributed by atoms with E-state index in [1.54, 1.807) is 54.6 Å². The Hall–Kier alpha value is -3.69. The molecule has 0 atom stereocenters. The Bertz CT molecular complexity index is 1360. The minimum atomic E-state index is -3.99. The molecule has 32 heavy (non-hydrogen) atoms. The first-order valence-corrected chi connectivity index (χ1v) is 11.2. The van der Waals surface area contributed by atoms with Crippen molar-refractivity contribution in [3.8, 4) is 11.5 Å². The molecule has 1 aromatic heterocycles. The number of para-hydroxylation sites is 1. The molecular formula is C22H17ClN4O4S. The van der Waals surface area contributed by atoms with Gasteiger partial charge >= 0.3 is 0 Å². The molecule has 0 aliphatic heterocycles. The number of carbonyl (C=O) groups is 1. The monoisotopic (exact) mass is 468 g/mol. The van der Waals surface area contributed by atoms with Crippen molar-refractivity contribution in [2.45, 2.75) is 4.90 Å². The highest BCUT2D eigenvalue weighted by Crippen LogP contribution is 2.29. The Kier molecular flexibility index (Phi) is 5.93. The predicted molar refractivity (Wildman–Crippen MR) is 121 cm³/mol. The Balaban J connectivity index is 1.61. The van der Waals surface area contributed by atoms with Gasteiger partial charge in [-0.1, -0.05) is 35.9 Å². The minimum absolute atomic E-state index is 0.0164. The van der Waals surface area contributed by atoms with Crippen molar-refractivity contribution < 1.29 is 17.6 Å². The van der Waals surface area contributed by atoms with E-state index in [1.807, 2.05) is 0 Å². The molecule has 0 saturated heterocycles. The zero-order chi connectivity index (χ0) is 22.7. The molecule has 0 spiro atoms. The van der Waals surface area contributed by atoms with E-state index in [9.17, 15) is 13.2 Å². The van der Waals surface area contributed by atoms with Crippen molar-refractivity contribution in [3.05, 3.63) is 89.8 Å². The van der Waals surface area contributed by atoms with Crippen LogP contribution in [-0.4, -0.2) is 31.6 Å². The molecular weight excluding hydrogens is 452 g/mol. The molecule has 1 heterocycles. The van der Waals surface area contributed by atoms with Crippen molar-refractivity contribution in [2.24, 2.45) is 0 Å². The van der Waals surface area contributed by atoms with Gasteiger partial charge in [-0.3, -0.25) is 9.10 Å². The van der Waals surface area contributed by atoms with E-state index in [0.717, 1.165) is 4.31 Å². The van der Waals surface area contributed by atoms with Gasteiger partial charge in [0.2, 0.25) is 12.3 Å². The van der Waals surface area contributed by atoms with E-state index < -0.39 is 15.9 Å². The third-order valence-electron chi connectivity index (χ3n) is 4.68. The number of nitrogens with zero attached hydrogens (tertiary/aromatic N) is 3. The summed E-state index contributed by atoms with van der Waals surface area (Å²) in [5, 5.41) is 10.2. The molecule has 1 N–H and O–H groups in total. The molecule has 10 heteroatoms. The first-order valence-electron chi connectivity index (χ1n) is 9.38. The van der Waals surface area contributed by atoms with E-state index in [-0.39, 0.29) is 15.5 Å². The van der Waals surface area contributed by atoms with Crippen LogP contribution in [0.25, 0.3) is 11.5 Å². The van der Waals surface area contributed by atoms with Crippen LogP contribution < -0.4 is 9.62 Å². The van der Waals surface area contributed by atoms with Crippen LogP contribution in [-0.2, 0) is 10.0 Å². The second-order valence-electron chi connectivity index (χ2n) is 6.73. The van der Waals surface area contributed by atoms with Gasteiger partial charge in [0.05, 0.1) is 10.7 Å². The summed E-state index contributed by atoms with van der Waals surface area (Å²) in [7, 11) is -2.57. The number of nitrogens with one attached hydrogen (secondary N) is 1. The summed E-state index contributed by atoms with van der Waals surface area (Å²) < 4.78 is 32.6. The van der Waals surface area contributed by atoms with Gasteiger partial charge in [0, 0.05) is 23.9 Å². The van der Waals surface area contributed by atoms with E-state index in [2.05, 4.69) is 15.5 Å².